The van der Waals surface area contributed by atoms with Crippen molar-refractivity contribution in [2.75, 3.05) is 7.11 Å². The Hall–Kier alpha value is -3.57. The number of aromatic carboxylic acids is 1. The van der Waals surface area contributed by atoms with Gasteiger partial charge in [0.25, 0.3) is 0 Å². The van der Waals surface area contributed by atoms with Crippen LogP contribution in [0.2, 0.25) is 0 Å². The van der Waals surface area contributed by atoms with Crippen molar-refractivity contribution in [2.24, 2.45) is 0 Å². The maximum absolute atomic E-state index is 12.3. The van der Waals surface area contributed by atoms with Crippen LogP contribution in [0.5, 0.6) is 5.75 Å². The van der Waals surface area contributed by atoms with Crippen molar-refractivity contribution in [3.05, 3.63) is 101 Å². The highest BCUT2D eigenvalue weighted by Crippen LogP contribution is 2.28. The molecule has 3 aromatic carbocycles. The van der Waals surface area contributed by atoms with Gasteiger partial charge >= 0.3 is 5.97 Å². The van der Waals surface area contributed by atoms with Crippen LogP contribution < -0.4 is 10.1 Å². The van der Waals surface area contributed by atoms with Gasteiger partial charge in [0.05, 0.1) is 7.11 Å². The van der Waals surface area contributed by atoms with E-state index in [0.29, 0.717) is 25.3 Å². The summed E-state index contributed by atoms with van der Waals surface area (Å²) in [5.74, 6) is -0.141. The van der Waals surface area contributed by atoms with E-state index in [4.69, 9.17) is 4.74 Å². The molecule has 0 unspecified atom stereocenters. The molecule has 5 heteroatoms. The Kier molecular flexibility index (Phi) is 6.05. The maximum atomic E-state index is 12.3. The molecule has 0 amide bonds. The molecule has 0 fully saturated rings. The maximum Gasteiger partial charge on any atom is 0.352 e. The molecule has 0 bridgehead atoms. The zero-order chi connectivity index (χ0) is 21.8. The second-order valence-corrected chi connectivity index (χ2v) is 7.67. The van der Waals surface area contributed by atoms with Crippen LogP contribution in [0.4, 0.5) is 0 Å². The number of aryl methyl sites for hydroxylation is 1. The number of ether oxygens (including phenoxy) is 1. The van der Waals surface area contributed by atoms with Crippen LogP contribution in [0.1, 0.15) is 32.7 Å². The summed E-state index contributed by atoms with van der Waals surface area (Å²) in [6, 6.07) is 23.9. The van der Waals surface area contributed by atoms with Gasteiger partial charge in [0, 0.05) is 36.1 Å². The minimum Gasteiger partial charge on any atom is -0.497 e. The van der Waals surface area contributed by atoms with E-state index in [9.17, 15) is 9.90 Å². The topological polar surface area (TPSA) is 63.5 Å². The molecular weight excluding hydrogens is 388 g/mol. The van der Waals surface area contributed by atoms with Crippen molar-refractivity contribution >= 4 is 16.9 Å². The van der Waals surface area contributed by atoms with E-state index >= 15 is 0 Å². The predicted molar refractivity (Wildman–Crippen MR) is 123 cm³/mol. The highest BCUT2D eigenvalue weighted by Gasteiger charge is 2.22. The van der Waals surface area contributed by atoms with Gasteiger partial charge in [0.2, 0.25) is 0 Å². The molecule has 5 nitrogen and oxygen atoms in total. The highest BCUT2D eigenvalue weighted by molar-refractivity contribution is 5.98. The van der Waals surface area contributed by atoms with Gasteiger partial charge in [-0.15, -0.1) is 0 Å². The minimum absolute atomic E-state index is 0.327. The SMILES string of the molecule is COc1ccc(Cn2c(C(=O)O)c(CNCc3ccc(C)cc3)c3ccccc32)cc1. The van der Waals surface area contributed by atoms with E-state index in [0.717, 1.165) is 27.8 Å². The number of carboxylic acid groups (broad SMARTS) is 1. The summed E-state index contributed by atoms with van der Waals surface area (Å²) in [6.07, 6.45) is 0. The van der Waals surface area contributed by atoms with Gasteiger partial charge in [0.15, 0.2) is 0 Å². The van der Waals surface area contributed by atoms with E-state index in [1.165, 1.54) is 11.1 Å². The molecule has 0 saturated heterocycles. The number of nitrogens with zero attached hydrogens (tertiary/aromatic N) is 1. The third kappa shape index (κ3) is 4.47. The molecular formula is C26H26N2O3. The Labute approximate surface area is 181 Å². The quantitative estimate of drug-likeness (QED) is 0.426. The lowest BCUT2D eigenvalue weighted by Crippen LogP contribution is -2.17. The second kappa shape index (κ2) is 9.06. The number of fused-ring (bicyclic) bond motifs is 1. The summed E-state index contributed by atoms with van der Waals surface area (Å²) in [5, 5.41) is 14.5. The first-order chi connectivity index (χ1) is 15.1. The van der Waals surface area contributed by atoms with Crippen molar-refractivity contribution in [1.82, 2.24) is 9.88 Å². The third-order valence-electron chi connectivity index (χ3n) is 5.53. The van der Waals surface area contributed by atoms with Gasteiger partial charge in [-0.25, -0.2) is 4.79 Å². The Morgan fingerprint density at radius 1 is 0.935 bits per heavy atom. The van der Waals surface area contributed by atoms with Crippen LogP contribution >= 0.6 is 0 Å². The molecule has 4 rings (SSSR count). The van der Waals surface area contributed by atoms with E-state index in [-0.39, 0.29) is 0 Å². The Morgan fingerprint density at radius 3 is 2.29 bits per heavy atom. The van der Waals surface area contributed by atoms with Crippen LogP contribution in [0.3, 0.4) is 0 Å². The van der Waals surface area contributed by atoms with E-state index in [1.807, 2.05) is 53.1 Å². The molecule has 0 atom stereocenters. The molecule has 0 radical (unpaired) electrons. The van der Waals surface area contributed by atoms with Gasteiger partial charge in [0.1, 0.15) is 11.4 Å². The summed E-state index contributed by atoms with van der Waals surface area (Å²) in [6.45, 7) is 3.70. The van der Waals surface area contributed by atoms with E-state index in [2.05, 4.69) is 36.5 Å². The van der Waals surface area contributed by atoms with Crippen molar-refractivity contribution in [3.8, 4) is 5.75 Å². The summed E-state index contributed by atoms with van der Waals surface area (Å²) in [4.78, 5) is 12.3. The number of aromatic nitrogens is 1. The number of hydrogen-bond donors (Lipinski definition) is 2. The first-order valence-corrected chi connectivity index (χ1v) is 10.3. The van der Waals surface area contributed by atoms with Crippen molar-refractivity contribution in [3.63, 3.8) is 0 Å². The lowest BCUT2D eigenvalue weighted by Gasteiger charge is -2.11. The minimum atomic E-state index is -0.920. The van der Waals surface area contributed by atoms with Crippen molar-refractivity contribution in [2.45, 2.75) is 26.6 Å². The molecule has 0 spiro atoms. The zero-order valence-corrected chi connectivity index (χ0v) is 17.8. The molecule has 31 heavy (non-hydrogen) atoms. The molecule has 0 aliphatic rings. The van der Waals surface area contributed by atoms with Crippen LogP contribution in [0, 0.1) is 6.92 Å². The van der Waals surface area contributed by atoms with Crippen molar-refractivity contribution in [1.29, 1.82) is 0 Å². The average molecular weight is 415 g/mol. The fraction of sp³-hybridized carbons (Fsp3) is 0.192. The fourth-order valence-corrected chi connectivity index (χ4v) is 3.91. The first-order valence-electron chi connectivity index (χ1n) is 10.3. The largest absolute Gasteiger partial charge is 0.497 e. The molecule has 2 N–H and O–H groups in total. The molecule has 4 aromatic rings. The summed E-state index contributed by atoms with van der Waals surface area (Å²) < 4.78 is 7.13. The molecule has 0 saturated carbocycles. The van der Waals surface area contributed by atoms with Crippen LogP contribution in [-0.4, -0.2) is 22.8 Å². The van der Waals surface area contributed by atoms with E-state index in [1.54, 1.807) is 7.11 Å². The normalized spacial score (nSPS) is 11.0. The number of methoxy groups -OCH3 is 1. The lowest BCUT2D eigenvalue weighted by molar-refractivity contribution is 0.0684. The zero-order valence-electron chi connectivity index (χ0n) is 17.8. The monoisotopic (exact) mass is 414 g/mol. The number of hydrogen-bond acceptors (Lipinski definition) is 3. The highest BCUT2D eigenvalue weighted by atomic mass is 16.5. The Bertz CT molecular complexity index is 1190. The molecule has 0 aliphatic carbocycles. The second-order valence-electron chi connectivity index (χ2n) is 7.67. The fourth-order valence-electron chi connectivity index (χ4n) is 3.91. The predicted octanol–water partition coefficient (Wildman–Crippen LogP) is 4.99. The number of rotatable bonds is 8. The molecule has 158 valence electrons. The Balaban J connectivity index is 1.66. The van der Waals surface area contributed by atoms with Crippen molar-refractivity contribution < 1.29 is 14.6 Å². The van der Waals surface area contributed by atoms with Gasteiger partial charge < -0.3 is 19.7 Å². The molecule has 0 aliphatic heterocycles. The van der Waals surface area contributed by atoms with E-state index < -0.39 is 5.97 Å². The number of carbonyl (C=O) groups is 1. The molecule has 1 heterocycles. The lowest BCUT2D eigenvalue weighted by atomic mass is 10.1. The average Bonchev–Trinajstić information content (AvgIpc) is 3.09. The number of nitrogens with one attached hydrogen (secondary N) is 1. The smallest absolute Gasteiger partial charge is 0.352 e. The van der Waals surface area contributed by atoms with Gasteiger partial charge in [-0.1, -0.05) is 60.2 Å². The third-order valence-corrected chi connectivity index (χ3v) is 5.53. The standard InChI is InChI=1S/C26H26N2O3/c1-18-7-9-19(10-8-18)15-27-16-23-22-5-3-4-6-24(22)28(25(23)26(29)30)17-20-11-13-21(31-2)14-12-20/h3-14,27H,15-17H2,1-2H3,(H,29,30). The summed E-state index contributed by atoms with van der Waals surface area (Å²) in [5.41, 5.74) is 5.46. The van der Waals surface area contributed by atoms with Crippen LogP contribution in [-0.2, 0) is 19.6 Å². The number of para-hydroxylation sites is 1. The van der Waals surface area contributed by atoms with Gasteiger partial charge in [-0.2, -0.15) is 0 Å². The summed E-state index contributed by atoms with van der Waals surface area (Å²) >= 11 is 0. The van der Waals surface area contributed by atoms with Crippen LogP contribution in [0.15, 0.2) is 72.8 Å². The first kappa shape index (κ1) is 20.7. The van der Waals surface area contributed by atoms with Crippen LogP contribution in [0.25, 0.3) is 10.9 Å². The number of benzene rings is 3. The summed E-state index contributed by atoms with van der Waals surface area (Å²) in [7, 11) is 1.63. The number of carboxylic acids is 1. The Morgan fingerprint density at radius 2 is 1.61 bits per heavy atom. The van der Waals surface area contributed by atoms with Gasteiger partial charge in [-0.3, -0.25) is 0 Å². The van der Waals surface area contributed by atoms with Gasteiger partial charge in [-0.05, 0) is 36.2 Å². The molecule has 1 aromatic heterocycles.